The van der Waals surface area contributed by atoms with Gasteiger partial charge in [0.05, 0.1) is 15.6 Å². The van der Waals surface area contributed by atoms with E-state index in [9.17, 15) is 9.59 Å². The van der Waals surface area contributed by atoms with Crippen LogP contribution in [-0.4, -0.2) is 46.7 Å². The summed E-state index contributed by atoms with van der Waals surface area (Å²) in [5.41, 5.74) is 2.28. The highest BCUT2D eigenvalue weighted by Gasteiger charge is 2.33. The topological polar surface area (TPSA) is 53.5 Å². The van der Waals surface area contributed by atoms with Gasteiger partial charge in [0.2, 0.25) is 11.8 Å². The second kappa shape index (κ2) is 6.53. The van der Waals surface area contributed by atoms with Gasteiger partial charge < -0.3 is 9.80 Å². The number of aryl methyl sites for hydroxylation is 1. The Labute approximate surface area is 155 Å². The summed E-state index contributed by atoms with van der Waals surface area (Å²) in [6, 6.07) is 2.19. The number of aromatic nitrogens is 1. The molecule has 132 valence electrons. The lowest BCUT2D eigenvalue weighted by atomic mass is 9.94. The zero-order valence-corrected chi connectivity index (χ0v) is 16.1. The first-order valence-electron chi connectivity index (χ1n) is 8.58. The van der Waals surface area contributed by atoms with Crippen LogP contribution in [0.2, 0.25) is 0 Å². The summed E-state index contributed by atoms with van der Waals surface area (Å²) in [6.45, 7) is 4.11. The Morgan fingerprint density at radius 3 is 2.92 bits per heavy atom. The van der Waals surface area contributed by atoms with Crippen molar-refractivity contribution in [2.24, 2.45) is 5.92 Å². The molecule has 0 spiro atoms. The number of piperidine rings is 1. The van der Waals surface area contributed by atoms with E-state index in [1.54, 1.807) is 27.6 Å². The number of carbonyl (C=O) groups is 2. The SMILES string of the molecule is Cc1nc(-c2cc3c(s2)CCN(C(=O)C2CCN(C)C(=O)C2)C3)cs1. The fraction of sp³-hybridized carbons (Fsp3) is 0.500. The van der Waals surface area contributed by atoms with Crippen LogP contribution in [0.5, 0.6) is 0 Å². The maximum absolute atomic E-state index is 12.8. The summed E-state index contributed by atoms with van der Waals surface area (Å²) in [5, 5.41) is 3.17. The molecule has 0 saturated carbocycles. The third-order valence-electron chi connectivity index (χ3n) is 5.06. The molecule has 4 rings (SSSR count). The minimum atomic E-state index is -0.149. The summed E-state index contributed by atoms with van der Waals surface area (Å²) in [5.74, 6) is 0.0768. The lowest BCUT2D eigenvalue weighted by Gasteiger charge is -2.34. The van der Waals surface area contributed by atoms with Gasteiger partial charge in [-0.1, -0.05) is 0 Å². The first-order chi connectivity index (χ1) is 12.0. The van der Waals surface area contributed by atoms with Gasteiger partial charge in [0.25, 0.3) is 0 Å². The number of thiazole rings is 1. The van der Waals surface area contributed by atoms with Crippen molar-refractivity contribution in [1.29, 1.82) is 0 Å². The largest absolute Gasteiger partial charge is 0.346 e. The highest BCUT2D eigenvalue weighted by atomic mass is 32.1. The Bertz CT molecular complexity index is 826. The quantitative estimate of drug-likeness (QED) is 0.811. The number of nitrogens with zero attached hydrogens (tertiary/aromatic N) is 3. The van der Waals surface area contributed by atoms with Gasteiger partial charge in [-0.15, -0.1) is 22.7 Å². The van der Waals surface area contributed by atoms with Gasteiger partial charge in [-0.3, -0.25) is 9.59 Å². The maximum Gasteiger partial charge on any atom is 0.226 e. The molecule has 4 heterocycles. The molecular weight excluding hydrogens is 354 g/mol. The Balaban J connectivity index is 1.48. The molecule has 25 heavy (non-hydrogen) atoms. The number of fused-ring (bicyclic) bond motifs is 1. The lowest BCUT2D eigenvalue weighted by Crippen LogP contribution is -2.45. The summed E-state index contributed by atoms with van der Waals surface area (Å²) >= 11 is 3.46. The second-order valence-corrected chi connectivity index (χ2v) is 9.02. The van der Waals surface area contributed by atoms with Gasteiger partial charge in [0.1, 0.15) is 0 Å². The van der Waals surface area contributed by atoms with E-state index in [1.165, 1.54) is 15.3 Å². The van der Waals surface area contributed by atoms with Crippen molar-refractivity contribution in [3.63, 3.8) is 0 Å². The van der Waals surface area contributed by atoms with E-state index >= 15 is 0 Å². The predicted molar refractivity (Wildman–Crippen MR) is 99.6 cm³/mol. The smallest absolute Gasteiger partial charge is 0.226 e. The standard InChI is InChI=1S/C18H21N3O2S2/c1-11-19-14(10-24-11)16-7-13-9-21(6-4-15(13)25-16)18(23)12-3-5-20(2)17(22)8-12/h7,10,12H,3-6,8-9H2,1-2H3. The zero-order valence-electron chi connectivity index (χ0n) is 14.4. The van der Waals surface area contributed by atoms with Crippen LogP contribution in [0.25, 0.3) is 10.6 Å². The average molecular weight is 376 g/mol. The molecule has 1 unspecified atom stereocenters. The van der Waals surface area contributed by atoms with Crippen LogP contribution in [0.1, 0.15) is 28.3 Å². The maximum atomic E-state index is 12.8. The third kappa shape index (κ3) is 3.22. The monoisotopic (exact) mass is 375 g/mol. The van der Waals surface area contributed by atoms with Crippen molar-refractivity contribution in [2.75, 3.05) is 20.1 Å². The van der Waals surface area contributed by atoms with Crippen LogP contribution in [-0.2, 0) is 22.6 Å². The third-order valence-corrected chi connectivity index (χ3v) is 7.09. The van der Waals surface area contributed by atoms with Crippen molar-refractivity contribution in [3.05, 3.63) is 26.9 Å². The number of likely N-dealkylation sites (tertiary alicyclic amines) is 1. The molecule has 0 radical (unpaired) electrons. The van der Waals surface area contributed by atoms with Crippen LogP contribution >= 0.6 is 22.7 Å². The molecule has 0 aliphatic carbocycles. The molecule has 0 aromatic carbocycles. The fourth-order valence-electron chi connectivity index (χ4n) is 3.54. The average Bonchev–Trinajstić information content (AvgIpc) is 3.21. The molecule has 0 N–H and O–H groups in total. The number of hydrogen-bond donors (Lipinski definition) is 0. The van der Waals surface area contributed by atoms with Crippen molar-refractivity contribution >= 4 is 34.5 Å². The molecule has 1 atom stereocenters. The molecule has 2 aliphatic rings. The number of amides is 2. The predicted octanol–water partition coefficient (Wildman–Crippen LogP) is 2.93. The van der Waals surface area contributed by atoms with Gasteiger partial charge in [-0.05, 0) is 31.4 Å². The molecule has 2 aromatic rings. The first-order valence-corrected chi connectivity index (χ1v) is 10.3. The van der Waals surface area contributed by atoms with E-state index in [1.807, 2.05) is 18.9 Å². The Morgan fingerprint density at radius 1 is 1.36 bits per heavy atom. The van der Waals surface area contributed by atoms with Crippen LogP contribution in [0, 0.1) is 12.8 Å². The Morgan fingerprint density at radius 2 is 2.20 bits per heavy atom. The number of carbonyl (C=O) groups excluding carboxylic acids is 2. The number of hydrogen-bond acceptors (Lipinski definition) is 5. The van der Waals surface area contributed by atoms with Gasteiger partial charge in [0, 0.05) is 49.3 Å². The minimum absolute atomic E-state index is 0.0824. The van der Waals surface area contributed by atoms with Crippen molar-refractivity contribution in [2.45, 2.75) is 32.7 Å². The molecule has 5 nitrogen and oxygen atoms in total. The summed E-state index contributed by atoms with van der Waals surface area (Å²) in [4.78, 5) is 35.5. The van der Waals surface area contributed by atoms with Crippen LogP contribution in [0.3, 0.4) is 0 Å². The zero-order chi connectivity index (χ0) is 17.6. The Hall–Kier alpha value is -1.73. The van der Waals surface area contributed by atoms with Crippen LogP contribution in [0.4, 0.5) is 0 Å². The van der Waals surface area contributed by atoms with Gasteiger partial charge >= 0.3 is 0 Å². The van der Waals surface area contributed by atoms with E-state index in [0.29, 0.717) is 19.5 Å². The molecule has 7 heteroatoms. The molecule has 2 amide bonds. The Kier molecular flexibility index (Phi) is 4.37. The number of rotatable bonds is 2. The minimum Gasteiger partial charge on any atom is -0.346 e. The highest BCUT2D eigenvalue weighted by molar-refractivity contribution is 7.16. The summed E-state index contributed by atoms with van der Waals surface area (Å²) in [7, 11) is 1.81. The first kappa shape index (κ1) is 16.7. The van der Waals surface area contributed by atoms with Crippen molar-refractivity contribution < 1.29 is 9.59 Å². The van der Waals surface area contributed by atoms with Gasteiger partial charge in [-0.25, -0.2) is 4.98 Å². The fourth-order valence-corrected chi connectivity index (χ4v) is 5.35. The van der Waals surface area contributed by atoms with Crippen LogP contribution in [0.15, 0.2) is 11.4 Å². The summed E-state index contributed by atoms with van der Waals surface area (Å²) in [6.07, 6.45) is 2.03. The highest BCUT2D eigenvalue weighted by Crippen LogP contribution is 2.35. The van der Waals surface area contributed by atoms with Gasteiger partial charge in [0.15, 0.2) is 0 Å². The second-order valence-electron chi connectivity index (χ2n) is 6.83. The van der Waals surface area contributed by atoms with Crippen molar-refractivity contribution in [1.82, 2.24) is 14.8 Å². The van der Waals surface area contributed by atoms with E-state index < -0.39 is 0 Å². The lowest BCUT2D eigenvalue weighted by molar-refractivity contribution is -0.144. The summed E-state index contributed by atoms with van der Waals surface area (Å²) < 4.78 is 0. The molecule has 0 bridgehead atoms. The van der Waals surface area contributed by atoms with Crippen molar-refractivity contribution in [3.8, 4) is 10.6 Å². The van der Waals surface area contributed by atoms with E-state index in [-0.39, 0.29) is 17.7 Å². The van der Waals surface area contributed by atoms with E-state index in [2.05, 4.69) is 16.4 Å². The van der Waals surface area contributed by atoms with E-state index in [4.69, 9.17) is 0 Å². The molecule has 2 aliphatic heterocycles. The molecular formula is C18H21N3O2S2. The molecule has 1 fully saturated rings. The normalized spacial score (nSPS) is 20.7. The molecule has 1 saturated heterocycles. The van der Waals surface area contributed by atoms with Gasteiger partial charge in [-0.2, -0.15) is 0 Å². The molecule has 2 aromatic heterocycles. The van der Waals surface area contributed by atoms with Crippen LogP contribution < -0.4 is 0 Å². The van der Waals surface area contributed by atoms with E-state index in [0.717, 1.165) is 30.1 Å². The number of thiophene rings is 1.